The standard InChI is InChI=1S/C12H19N3O4S/c1-3-4-10(8-16)14-12(17)9-5-11(7-13-6-9)15-20(2,18)19/h5-7,10,15-16H,3-4,8H2,1-2H3,(H,14,17). The number of carbonyl (C=O) groups excluding carboxylic acids is 1. The van der Waals surface area contributed by atoms with Gasteiger partial charge < -0.3 is 10.4 Å². The lowest BCUT2D eigenvalue weighted by Crippen LogP contribution is -2.37. The van der Waals surface area contributed by atoms with Crippen molar-refractivity contribution in [3.05, 3.63) is 24.0 Å². The predicted molar refractivity (Wildman–Crippen MR) is 76.0 cm³/mol. The normalized spacial score (nSPS) is 12.8. The van der Waals surface area contributed by atoms with E-state index in [1.54, 1.807) is 0 Å². The second-order valence-corrected chi connectivity index (χ2v) is 6.23. The van der Waals surface area contributed by atoms with E-state index in [0.717, 1.165) is 12.7 Å². The van der Waals surface area contributed by atoms with Gasteiger partial charge in [0.15, 0.2) is 0 Å². The molecule has 1 atom stereocenters. The Kier molecular flexibility index (Phi) is 5.90. The Morgan fingerprint density at radius 3 is 2.70 bits per heavy atom. The first kappa shape index (κ1) is 16.4. The SMILES string of the molecule is CCCC(CO)NC(=O)c1cncc(NS(C)(=O)=O)c1. The van der Waals surface area contributed by atoms with Crippen molar-refractivity contribution in [1.29, 1.82) is 0 Å². The van der Waals surface area contributed by atoms with E-state index in [1.807, 2.05) is 6.92 Å². The highest BCUT2D eigenvalue weighted by Crippen LogP contribution is 2.10. The minimum atomic E-state index is -3.42. The fourth-order valence-electron chi connectivity index (χ4n) is 1.66. The summed E-state index contributed by atoms with van der Waals surface area (Å²) in [6.45, 7) is 1.81. The number of rotatable bonds is 7. The monoisotopic (exact) mass is 301 g/mol. The van der Waals surface area contributed by atoms with Crippen LogP contribution in [0.2, 0.25) is 0 Å². The molecule has 112 valence electrons. The van der Waals surface area contributed by atoms with E-state index < -0.39 is 15.9 Å². The van der Waals surface area contributed by atoms with E-state index in [1.165, 1.54) is 18.5 Å². The summed E-state index contributed by atoms with van der Waals surface area (Å²) in [5.41, 5.74) is 0.449. The lowest BCUT2D eigenvalue weighted by Gasteiger charge is -2.15. The molecule has 3 N–H and O–H groups in total. The summed E-state index contributed by atoms with van der Waals surface area (Å²) in [6.07, 6.45) is 5.16. The largest absolute Gasteiger partial charge is 0.394 e. The number of carbonyl (C=O) groups is 1. The maximum Gasteiger partial charge on any atom is 0.253 e. The molecule has 1 rings (SSSR count). The molecule has 0 aliphatic heterocycles. The number of pyridine rings is 1. The zero-order chi connectivity index (χ0) is 15.2. The number of sulfonamides is 1. The van der Waals surface area contributed by atoms with E-state index in [2.05, 4.69) is 15.0 Å². The molecule has 0 bridgehead atoms. The van der Waals surface area contributed by atoms with Crippen molar-refractivity contribution in [1.82, 2.24) is 10.3 Å². The second-order valence-electron chi connectivity index (χ2n) is 4.48. The average molecular weight is 301 g/mol. The number of aromatic nitrogens is 1. The fraction of sp³-hybridized carbons (Fsp3) is 0.500. The van der Waals surface area contributed by atoms with E-state index in [9.17, 15) is 13.2 Å². The van der Waals surface area contributed by atoms with Crippen LogP contribution in [0.5, 0.6) is 0 Å². The lowest BCUT2D eigenvalue weighted by atomic mass is 10.1. The summed E-state index contributed by atoms with van der Waals surface area (Å²) in [6, 6.07) is 1.07. The number of amides is 1. The van der Waals surface area contributed by atoms with Crippen LogP contribution in [0, 0.1) is 0 Å². The number of hydrogen-bond donors (Lipinski definition) is 3. The van der Waals surface area contributed by atoms with Crippen LogP contribution in [0.4, 0.5) is 5.69 Å². The Hall–Kier alpha value is -1.67. The molecule has 1 unspecified atom stereocenters. The molecule has 20 heavy (non-hydrogen) atoms. The van der Waals surface area contributed by atoms with Gasteiger partial charge in [-0.15, -0.1) is 0 Å². The molecular formula is C12H19N3O4S. The molecule has 8 heteroatoms. The Balaban J connectivity index is 2.80. The Morgan fingerprint density at radius 2 is 2.15 bits per heavy atom. The first-order valence-electron chi connectivity index (χ1n) is 6.20. The quantitative estimate of drug-likeness (QED) is 0.673. The molecule has 0 radical (unpaired) electrons. The summed E-state index contributed by atoms with van der Waals surface area (Å²) < 4.78 is 24.5. The molecule has 1 aromatic rings. The third-order valence-corrected chi connectivity index (χ3v) is 3.10. The molecule has 0 fully saturated rings. The van der Waals surface area contributed by atoms with Crippen LogP contribution in [0.3, 0.4) is 0 Å². The van der Waals surface area contributed by atoms with E-state index in [-0.39, 0.29) is 23.9 Å². The van der Waals surface area contributed by atoms with Gasteiger partial charge in [-0.1, -0.05) is 13.3 Å². The zero-order valence-corrected chi connectivity index (χ0v) is 12.3. The smallest absolute Gasteiger partial charge is 0.253 e. The summed E-state index contributed by atoms with van der Waals surface area (Å²) in [5.74, 6) is -0.401. The maximum atomic E-state index is 12.0. The van der Waals surface area contributed by atoms with Crippen molar-refractivity contribution in [3.63, 3.8) is 0 Å². The first-order chi connectivity index (χ1) is 9.35. The number of nitrogens with zero attached hydrogens (tertiary/aromatic N) is 1. The zero-order valence-electron chi connectivity index (χ0n) is 11.5. The Labute approximate surface area is 118 Å². The molecule has 1 aromatic heterocycles. The lowest BCUT2D eigenvalue weighted by molar-refractivity contribution is 0.0912. The predicted octanol–water partition coefficient (Wildman–Crippen LogP) is 0.344. The van der Waals surface area contributed by atoms with Crippen LogP contribution in [0.15, 0.2) is 18.5 Å². The van der Waals surface area contributed by atoms with Crippen molar-refractivity contribution in [2.24, 2.45) is 0 Å². The highest BCUT2D eigenvalue weighted by atomic mass is 32.2. The molecule has 1 heterocycles. The Morgan fingerprint density at radius 1 is 1.45 bits per heavy atom. The maximum absolute atomic E-state index is 12.0. The topological polar surface area (TPSA) is 108 Å². The molecule has 0 aromatic carbocycles. The van der Waals surface area contributed by atoms with Gasteiger partial charge in [0.2, 0.25) is 10.0 Å². The third kappa shape index (κ3) is 5.54. The molecule has 7 nitrogen and oxygen atoms in total. The molecule has 0 spiro atoms. The van der Waals surface area contributed by atoms with Crippen LogP contribution in [-0.2, 0) is 10.0 Å². The minimum Gasteiger partial charge on any atom is -0.394 e. The van der Waals surface area contributed by atoms with Crippen LogP contribution < -0.4 is 10.0 Å². The van der Waals surface area contributed by atoms with Gasteiger partial charge in [0, 0.05) is 6.20 Å². The van der Waals surface area contributed by atoms with Crippen molar-refractivity contribution < 1.29 is 18.3 Å². The van der Waals surface area contributed by atoms with Gasteiger partial charge >= 0.3 is 0 Å². The highest BCUT2D eigenvalue weighted by Gasteiger charge is 2.13. The van der Waals surface area contributed by atoms with Crippen molar-refractivity contribution >= 4 is 21.6 Å². The second kappa shape index (κ2) is 7.20. The summed E-state index contributed by atoms with van der Waals surface area (Å²) in [5, 5.41) is 11.8. The van der Waals surface area contributed by atoms with Crippen LogP contribution in [0.25, 0.3) is 0 Å². The summed E-state index contributed by atoms with van der Waals surface area (Å²) in [7, 11) is -3.42. The van der Waals surface area contributed by atoms with Gasteiger partial charge in [0.05, 0.1) is 36.4 Å². The van der Waals surface area contributed by atoms with Crippen molar-refractivity contribution in [2.45, 2.75) is 25.8 Å². The minimum absolute atomic E-state index is 0.145. The van der Waals surface area contributed by atoms with Gasteiger partial charge in [-0.25, -0.2) is 8.42 Å². The van der Waals surface area contributed by atoms with Crippen molar-refractivity contribution in [3.8, 4) is 0 Å². The number of aliphatic hydroxyl groups excluding tert-OH is 1. The number of nitrogens with one attached hydrogen (secondary N) is 2. The molecule has 0 saturated carbocycles. The van der Waals surface area contributed by atoms with Gasteiger partial charge in [0.1, 0.15) is 0 Å². The van der Waals surface area contributed by atoms with Crippen LogP contribution in [0.1, 0.15) is 30.1 Å². The first-order valence-corrected chi connectivity index (χ1v) is 8.09. The third-order valence-electron chi connectivity index (χ3n) is 2.50. The highest BCUT2D eigenvalue weighted by molar-refractivity contribution is 7.92. The molecule has 1 amide bonds. The van der Waals surface area contributed by atoms with Gasteiger partial charge in [-0.3, -0.25) is 14.5 Å². The van der Waals surface area contributed by atoms with Gasteiger partial charge in [-0.2, -0.15) is 0 Å². The molecular weight excluding hydrogens is 282 g/mol. The van der Waals surface area contributed by atoms with Gasteiger partial charge in [-0.05, 0) is 12.5 Å². The summed E-state index contributed by atoms with van der Waals surface area (Å²) >= 11 is 0. The fourth-order valence-corrected chi connectivity index (χ4v) is 2.20. The average Bonchev–Trinajstić information content (AvgIpc) is 2.36. The van der Waals surface area contributed by atoms with E-state index in [4.69, 9.17) is 5.11 Å². The van der Waals surface area contributed by atoms with E-state index in [0.29, 0.717) is 6.42 Å². The Bertz CT molecular complexity index is 560. The van der Waals surface area contributed by atoms with Crippen LogP contribution in [-0.4, -0.2) is 43.3 Å². The molecule has 0 saturated heterocycles. The number of aliphatic hydroxyl groups is 1. The van der Waals surface area contributed by atoms with E-state index >= 15 is 0 Å². The number of anilines is 1. The van der Waals surface area contributed by atoms with Crippen LogP contribution >= 0.6 is 0 Å². The number of hydrogen-bond acceptors (Lipinski definition) is 5. The molecule has 0 aliphatic carbocycles. The van der Waals surface area contributed by atoms with Gasteiger partial charge in [0.25, 0.3) is 5.91 Å². The van der Waals surface area contributed by atoms with Crippen molar-refractivity contribution in [2.75, 3.05) is 17.6 Å². The molecule has 0 aliphatic rings. The summed E-state index contributed by atoms with van der Waals surface area (Å²) in [4.78, 5) is 15.8.